The van der Waals surface area contributed by atoms with Gasteiger partial charge in [0.05, 0.1) is 17.6 Å². The van der Waals surface area contributed by atoms with Crippen LogP contribution in [0.5, 0.6) is 5.75 Å². The number of benzene rings is 3. The summed E-state index contributed by atoms with van der Waals surface area (Å²) in [5, 5.41) is 3.27. The Morgan fingerprint density at radius 2 is 1.58 bits per heavy atom. The highest BCUT2D eigenvalue weighted by Crippen LogP contribution is 2.32. The smallest absolute Gasteiger partial charge is 0.337 e. The van der Waals surface area contributed by atoms with Gasteiger partial charge >= 0.3 is 5.97 Å². The summed E-state index contributed by atoms with van der Waals surface area (Å²) in [6.07, 6.45) is 0. The van der Waals surface area contributed by atoms with E-state index in [2.05, 4.69) is 10.3 Å². The second kappa shape index (κ2) is 11.1. The van der Waals surface area contributed by atoms with Crippen LogP contribution in [0.2, 0.25) is 0 Å². The molecule has 0 aliphatic carbocycles. The zero-order valence-corrected chi connectivity index (χ0v) is 22.8. The van der Waals surface area contributed by atoms with E-state index >= 15 is 0 Å². The van der Waals surface area contributed by atoms with Gasteiger partial charge in [-0.05, 0) is 92.9 Å². The molecular weight excluding hydrogens is 500 g/mol. The van der Waals surface area contributed by atoms with Gasteiger partial charge in [0.15, 0.2) is 0 Å². The topological polar surface area (TPSA) is 94.6 Å². The molecule has 0 amide bonds. The summed E-state index contributed by atoms with van der Waals surface area (Å²) in [6.45, 7) is 8.02. The molecule has 4 rings (SSSR count). The lowest BCUT2D eigenvalue weighted by molar-refractivity contribution is 0.0600. The van der Waals surface area contributed by atoms with Crippen LogP contribution in [0.15, 0.2) is 82.6 Å². The van der Waals surface area contributed by atoms with Gasteiger partial charge in [0.2, 0.25) is 9.84 Å². The Morgan fingerprint density at radius 3 is 2.24 bits per heavy atom. The first-order chi connectivity index (χ1) is 18.1. The zero-order valence-electron chi connectivity index (χ0n) is 22.0. The zero-order chi connectivity index (χ0) is 27.4. The summed E-state index contributed by atoms with van der Waals surface area (Å²) in [5.74, 6) is 0.359. The molecule has 0 radical (unpaired) electrons. The van der Waals surface area contributed by atoms with E-state index in [0.717, 1.165) is 27.9 Å². The molecular formula is C30H30N2O5S. The van der Waals surface area contributed by atoms with Crippen molar-refractivity contribution >= 4 is 27.3 Å². The highest BCUT2D eigenvalue weighted by atomic mass is 32.2. The molecule has 3 aromatic carbocycles. The molecule has 0 aliphatic rings. The number of esters is 1. The third-order valence-corrected chi connectivity index (χ3v) is 7.90. The molecule has 0 unspecified atom stereocenters. The Hall–Kier alpha value is -4.17. The number of carbonyl (C=O) groups excluding carboxylic acids is 1. The number of aryl methyl sites for hydroxylation is 4. The number of pyridine rings is 1. The van der Waals surface area contributed by atoms with Crippen LogP contribution in [-0.4, -0.2) is 26.5 Å². The summed E-state index contributed by atoms with van der Waals surface area (Å²) in [7, 11) is -2.54. The summed E-state index contributed by atoms with van der Waals surface area (Å²) >= 11 is 0. The quantitative estimate of drug-likeness (QED) is 0.269. The van der Waals surface area contributed by atoms with Crippen molar-refractivity contribution in [1.82, 2.24) is 4.98 Å². The number of ether oxygens (including phenoxy) is 2. The highest BCUT2D eigenvalue weighted by Gasteiger charge is 2.23. The van der Waals surface area contributed by atoms with Gasteiger partial charge in [-0.3, -0.25) is 0 Å². The number of hydrogen-bond acceptors (Lipinski definition) is 7. The van der Waals surface area contributed by atoms with E-state index in [1.165, 1.54) is 19.2 Å². The number of anilines is 2. The lowest BCUT2D eigenvalue weighted by atomic mass is 10.1. The number of sulfone groups is 1. The summed E-state index contributed by atoms with van der Waals surface area (Å²) < 4.78 is 37.8. The van der Waals surface area contributed by atoms with Crippen LogP contribution < -0.4 is 10.1 Å². The van der Waals surface area contributed by atoms with Gasteiger partial charge in [-0.1, -0.05) is 29.8 Å². The Labute approximate surface area is 223 Å². The molecule has 0 fully saturated rings. The van der Waals surface area contributed by atoms with Crippen molar-refractivity contribution < 1.29 is 22.7 Å². The van der Waals surface area contributed by atoms with E-state index in [9.17, 15) is 13.2 Å². The van der Waals surface area contributed by atoms with E-state index < -0.39 is 15.8 Å². The van der Waals surface area contributed by atoms with Gasteiger partial charge in [-0.15, -0.1) is 0 Å². The van der Waals surface area contributed by atoms with Crippen LogP contribution in [-0.2, 0) is 21.2 Å². The van der Waals surface area contributed by atoms with Crippen molar-refractivity contribution in [2.24, 2.45) is 0 Å². The van der Waals surface area contributed by atoms with Crippen molar-refractivity contribution in [2.45, 2.75) is 44.1 Å². The van der Waals surface area contributed by atoms with Crippen molar-refractivity contribution in [3.8, 4) is 5.75 Å². The lowest BCUT2D eigenvalue weighted by Gasteiger charge is -2.17. The minimum Gasteiger partial charge on any atom is -0.489 e. The fourth-order valence-corrected chi connectivity index (χ4v) is 5.61. The number of nitrogens with one attached hydrogen (secondary N) is 1. The van der Waals surface area contributed by atoms with Gasteiger partial charge in [-0.2, -0.15) is 0 Å². The molecule has 0 atom stereocenters. The molecule has 1 heterocycles. The van der Waals surface area contributed by atoms with Crippen LogP contribution in [0.3, 0.4) is 0 Å². The number of aromatic nitrogens is 1. The SMILES string of the molecule is COC(=O)c1cccc(COc2ccc(S(=O)(=O)c3ccc(C)nc3Nc3c(C)cc(C)cc3C)cc2)c1. The highest BCUT2D eigenvalue weighted by molar-refractivity contribution is 7.91. The maximum absolute atomic E-state index is 13.6. The standard InChI is InChI=1S/C30H30N2O5S/c1-19-15-20(2)28(21(3)16-19)32-29-27(14-9-22(4)31-29)38(34,35)26-12-10-25(11-13-26)37-18-23-7-6-8-24(17-23)30(33)36-5/h6-17H,18H2,1-5H3,(H,31,32). The first-order valence-corrected chi connectivity index (χ1v) is 13.5. The van der Waals surface area contributed by atoms with E-state index in [1.807, 2.05) is 45.9 Å². The largest absolute Gasteiger partial charge is 0.489 e. The van der Waals surface area contributed by atoms with Crippen molar-refractivity contribution in [3.05, 3.63) is 106 Å². The molecule has 0 saturated carbocycles. The van der Waals surface area contributed by atoms with Crippen LogP contribution in [0.25, 0.3) is 0 Å². The minimum absolute atomic E-state index is 0.0933. The van der Waals surface area contributed by atoms with E-state index in [0.29, 0.717) is 17.0 Å². The number of hydrogen-bond donors (Lipinski definition) is 1. The van der Waals surface area contributed by atoms with Crippen molar-refractivity contribution in [1.29, 1.82) is 0 Å². The van der Waals surface area contributed by atoms with Crippen molar-refractivity contribution in [2.75, 3.05) is 12.4 Å². The summed E-state index contributed by atoms with van der Waals surface area (Å²) in [4.78, 5) is 16.5. The Kier molecular flexibility index (Phi) is 7.83. The van der Waals surface area contributed by atoms with Gasteiger partial charge in [-0.25, -0.2) is 18.2 Å². The fourth-order valence-electron chi connectivity index (χ4n) is 4.26. The molecule has 196 valence electrons. The molecule has 4 aromatic rings. The Balaban J connectivity index is 1.57. The maximum Gasteiger partial charge on any atom is 0.337 e. The predicted molar refractivity (Wildman–Crippen MR) is 147 cm³/mol. The van der Waals surface area contributed by atoms with Crippen LogP contribution in [0.1, 0.15) is 38.3 Å². The van der Waals surface area contributed by atoms with Crippen LogP contribution in [0.4, 0.5) is 11.5 Å². The van der Waals surface area contributed by atoms with E-state index in [4.69, 9.17) is 9.47 Å². The molecule has 0 bridgehead atoms. The van der Waals surface area contributed by atoms with Gasteiger partial charge in [0.25, 0.3) is 0 Å². The maximum atomic E-state index is 13.6. The van der Waals surface area contributed by atoms with Gasteiger partial charge in [0.1, 0.15) is 23.1 Å². The number of nitrogens with zero attached hydrogens (tertiary/aromatic N) is 1. The predicted octanol–water partition coefficient (Wildman–Crippen LogP) is 6.26. The molecule has 7 nitrogen and oxygen atoms in total. The molecule has 0 saturated heterocycles. The number of carbonyl (C=O) groups is 1. The molecule has 8 heteroatoms. The average molecular weight is 531 g/mol. The van der Waals surface area contributed by atoms with Gasteiger partial charge < -0.3 is 14.8 Å². The normalized spacial score (nSPS) is 11.2. The molecule has 0 aliphatic heterocycles. The fraction of sp³-hybridized carbons (Fsp3) is 0.200. The van der Waals surface area contributed by atoms with Gasteiger partial charge in [0, 0.05) is 11.4 Å². The number of rotatable bonds is 8. The first-order valence-electron chi connectivity index (χ1n) is 12.1. The lowest BCUT2D eigenvalue weighted by Crippen LogP contribution is -2.09. The Bertz CT molecular complexity index is 1570. The summed E-state index contributed by atoms with van der Waals surface area (Å²) in [6, 6.07) is 20.6. The second-order valence-corrected chi connectivity index (χ2v) is 11.1. The van der Waals surface area contributed by atoms with Crippen LogP contribution in [0, 0.1) is 27.7 Å². The molecule has 0 spiro atoms. The number of methoxy groups -OCH3 is 1. The van der Waals surface area contributed by atoms with Crippen molar-refractivity contribution in [3.63, 3.8) is 0 Å². The minimum atomic E-state index is -3.87. The van der Waals surface area contributed by atoms with Crippen LogP contribution >= 0.6 is 0 Å². The summed E-state index contributed by atoms with van der Waals surface area (Å²) in [5.41, 5.74) is 5.91. The molecule has 1 N–H and O–H groups in total. The second-order valence-electron chi connectivity index (χ2n) is 9.15. The third kappa shape index (κ3) is 5.86. The monoisotopic (exact) mass is 530 g/mol. The third-order valence-electron chi connectivity index (χ3n) is 6.10. The Morgan fingerprint density at radius 1 is 0.895 bits per heavy atom. The molecule has 1 aromatic heterocycles. The van der Waals surface area contributed by atoms with E-state index in [1.54, 1.807) is 42.5 Å². The van der Waals surface area contributed by atoms with E-state index in [-0.39, 0.29) is 22.2 Å². The molecule has 38 heavy (non-hydrogen) atoms. The first kappa shape index (κ1) is 26.9. The average Bonchev–Trinajstić information content (AvgIpc) is 2.89.